The molecule has 122 valence electrons. The normalized spacial score (nSPS) is 9.92. The number of benzene rings is 2. The molecule has 5 nitrogen and oxygen atoms in total. The molecule has 1 amide bonds. The van der Waals surface area contributed by atoms with E-state index >= 15 is 0 Å². The van der Waals surface area contributed by atoms with Crippen LogP contribution in [0.2, 0.25) is 0 Å². The number of carbonyl (C=O) groups is 1. The van der Waals surface area contributed by atoms with Crippen molar-refractivity contribution in [2.45, 2.75) is 0 Å². The van der Waals surface area contributed by atoms with Crippen LogP contribution in [0.25, 0.3) is 0 Å². The Kier molecular flexibility index (Phi) is 5.07. The lowest BCUT2D eigenvalue weighted by atomic mass is 10.2. The van der Waals surface area contributed by atoms with Crippen LogP contribution in [0.3, 0.4) is 0 Å². The average Bonchev–Trinajstić information content (AvgIpc) is 2.65. The summed E-state index contributed by atoms with van der Waals surface area (Å²) in [6.45, 7) is 0. The van der Waals surface area contributed by atoms with Crippen molar-refractivity contribution >= 4 is 38.9 Å². The van der Waals surface area contributed by atoms with Crippen molar-refractivity contribution in [1.29, 1.82) is 5.26 Å². The fraction of sp³-hybridized carbons (Fsp3) is 0. The Morgan fingerprint density at radius 2 is 1.56 bits per heavy atom. The molecule has 0 unspecified atom stereocenters. The van der Waals surface area contributed by atoms with Gasteiger partial charge in [-0.3, -0.25) is 4.79 Å². The van der Waals surface area contributed by atoms with E-state index in [2.05, 4.69) is 31.5 Å². The van der Waals surface area contributed by atoms with E-state index in [0.29, 0.717) is 16.9 Å². The summed E-state index contributed by atoms with van der Waals surface area (Å²) in [5, 5.41) is 14.7. The molecule has 2 N–H and O–H groups in total. The number of carbonyl (C=O) groups excluding carboxylic acids is 1. The summed E-state index contributed by atoms with van der Waals surface area (Å²) in [6.07, 6.45) is 1.61. The summed E-state index contributed by atoms with van der Waals surface area (Å²) >= 11 is 3.39. The van der Waals surface area contributed by atoms with E-state index in [1.54, 1.807) is 42.6 Å². The van der Waals surface area contributed by atoms with E-state index in [4.69, 9.17) is 5.26 Å². The van der Waals surface area contributed by atoms with Crippen LogP contribution < -0.4 is 10.6 Å². The van der Waals surface area contributed by atoms with Gasteiger partial charge in [-0.05, 0) is 60.7 Å². The Hall–Kier alpha value is -3.17. The molecular weight excluding hydrogens is 380 g/mol. The Morgan fingerprint density at radius 3 is 2.16 bits per heavy atom. The highest BCUT2D eigenvalue weighted by molar-refractivity contribution is 9.10. The quantitative estimate of drug-likeness (QED) is 0.673. The SMILES string of the molecule is N#Cc1ccc(NC(=O)c2ccc(Nc3ccc(Br)cc3)cn2)cc1. The van der Waals surface area contributed by atoms with Crippen LogP contribution in [0, 0.1) is 11.3 Å². The topological polar surface area (TPSA) is 77.8 Å². The number of pyridine rings is 1. The molecule has 0 bridgehead atoms. The number of hydrogen-bond acceptors (Lipinski definition) is 4. The number of amides is 1. The van der Waals surface area contributed by atoms with Gasteiger partial charge in [-0.15, -0.1) is 0 Å². The number of hydrogen-bond donors (Lipinski definition) is 2. The molecule has 0 aliphatic heterocycles. The standard InChI is InChI=1S/C19H13BrN4O/c20-14-3-7-15(8-4-14)23-17-9-10-18(22-12-17)19(25)24-16-5-1-13(11-21)2-6-16/h1-10,12,23H,(H,24,25). The molecule has 0 saturated carbocycles. The van der Waals surface area contributed by atoms with Crippen LogP contribution in [0.1, 0.15) is 16.1 Å². The third kappa shape index (κ3) is 4.43. The number of nitrogens with zero attached hydrogens (tertiary/aromatic N) is 2. The fourth-order valence-corrected chi connectivity index (χ4v) is 2.39. The second-order valence-electron chi connectivity index (χ2n) is 5.21. The van der Waals surface area contributed by atoms with E-state index in [9.17, 15) is 4.79 Å². The lowest BCUT2D eigenvalue weighted by Gasteiger charge is -2.08. The van der Waals surface area contributed by atoms with Crippen LogP contribution in [0.5, 0.6) is 0 Å². The van der Waals surface area contributed by atoms with E-state index in [1.807, 2.05) is 30.3 Å². The zero-order valence-corrected chi connectivity index (χ0v) is 14.6. The Labute approximate surface area is 153 Å². The Bertz CT molecular complexity index is 914. The number of anilines is 3. The molecule has 1 heterocycles. The van der Waals surface area contributed by atoms with Gasteiger partial charge in [0, 0.05) is 15.8 Å². The Balaban J connectivity index is 1.65. The number of rotatable bonds is 4. The highest BCUT2D eigenvalue weighted by atomic mass is 79.9. The summed E-state index contributed by atoms with van der Waals surface area (Å²) in [6, 6.07) is 19.9. The first kappa shape index (κ1) is 16.7. The minimum Gasteiger partial charge on any atom is -0.354 e. The van der Waals surface area contributed by atoms with Crippen LogP contribution >= 0.6 is 15.9 Å². The average molecular weight is 393 g/mol. The smallest absolute Gasteiger partial charge is 0.274 e. The van der Waals surface area contributed by atoms with Gasteiger partial charge in [-0.25, -0.2) is 4.98 Å². The van der Waals surface area contributed by atoms with Gasteiger partial charge in [0.05, 0.1) is 23.5 Å². The monoisotopic (exact) mass is 392 g/mol. The van der Waals surface area contributed by atoms with Crippen molar-refractivity contribution in [3.05, 3.63) is 82.6 Å². The largest absolute Gasteiger partial charge is 0.354 e. The second-order valence-corrected chi connectivity index (χ2v) is 6.12. The molecule has 0 radical (unpaired) electrons. The van der Waals surface area contributed by atoms with Crippen molar-refractivity contribution in [3.63, 3.8) is 0 Å². The summed E-state index contributed by atoms with van der Waals surface area (Å²) < 4.78 is 1.01. The predicted molar refractivity (Wildman–Crippen MR) is 101 cm³/mol. The molecule has 0 atom stereocenters. The third-order valence-corrected chi connectivity index (χ3v) is 3.93. The number of halogens is 1. The zero-order valence-electron chi connectivity index (χ0n) is 13.0. The van der Waals surface area contributed by atoms with E-state index in [-0.39, 0.29) is 5.91 Å². The molecule has 0 saturated heterocycles. The molecule has 0 fully saturated rings. The molecule has 6 heteroatoms. The number of aromatic nitrogens is 1. The van der Waals surface area contributed by atoms with Gasteiger partial charge in [0.2, 0.25) is 0 Å². The Morgan fingerprint density at radius 1 is 0.920 bits per heavy atom. The van der Waals surface area contributed by atoms with Gasteiger partial charge in [0.25, 0.3) is 5.91 Å². The summed E-state index contributed by atoms with van der Waals surface area (Å²) in [4.78, 5) is 16.4. The van der Waals surface area contributed by atoms with Crippen molar-refractivity contribution in [1.82, 2.24) is 4.98 Å². The van der Waals surface area contributed by atoms with Gasteiger partial charge >= 0.3 is 0 Å². The highest BCUT2D eigenvalue weighted by Crippen LogP contribution is 2.19. The second kappa shape index (κ2) is 7.60. The van der Waals surface area contributed by atoms with E-state index in [0.717, 1.165) is 15.8 Å². The number of nitrogens with one attached hydrogen (secondary N) is 2. The van der Waals surface area contributed by atoms with Gasteiger partial charge in [-0.2, -0.15) is 5.26 Å². The van der Waals surface area contributed by atoms with Gasteiger partial charge in [-0.1, -0.05) is 15.9 Å². The van der Waals surface area contributed by atoms with Crippen molar-refractivity contribution < 1.29 is 4.79 Å². The lowest BCUT2D eigenvalue weighted by molar-refractivity contribution is 0.102. The summed E-state index contributed by atoms with van der Waals surface area (Å²) in [5.74, 6) is -0.306. The minimum atomic E-state index is -0.306. The minimum absolute atomic E-state index is 0.306. The maximum Gasteiger partial charge on any atom is 0.274 e. The molecule has 0 aliphatic rings. The van der Waals surface area contributed by atoms with Gasteiger partial charge in [0.1, 0.15) is 5.69 Å². The van der Waals surface area contributed by atoms with Gasteiger partial charge < -0.3 is 10.6 Å². The van der Waals surface area contributed by atoms with Crippen LogP contribution in [-0.4, -0.2) is 10.9 Å². The van der Waals surface area contributed by atoms with Gasteiger partial charge in [0.15, 0.2) is 0 Å². The van der Waals surface area contributed by atoms with E-state index in [1.165, 1.54) is 0 Å². The van der Waals surface area contributed by atoms with Crippen LogP contribution in [-0.2, 0) is 0 Å². The first-order valence-corrected chi connectivity index (χ1v) is 8.23. The van der Waals surface area contributed by atoms with Crippen molar-refractivity contribution in [3.8, 4) is 6.07 Å². The highest BCUT2D eigenvalue weighted by Gasteiger charge is 2.08. The lowest BCUT2D eigenvalue weighted by Crippen LogP contribution is -2.13. The van der Waals surface area contributed by atoms with E-state index < -0.39 is 0 Å². The van der Waals surface area contributed by atoms with Crippen LogP contribution in [0.15, 0.2) is 71.3 Å². The summed E-state index contributed by atoms with van der Waals surface area (Å²) in [7, 11) is 0. The van der Waals surface area contributed by atoms with Crippen molar-refractivity contribution in [2.75, 3.05) is 10.6 Å². The maximum atomic E-state index is 12.2. The maximum absolute atomic E-state index is 12.2. The molecule has 1 aromatic heterocycles. The molecule has 0 aliphatic carbocycles. The molecule has 2 aromatic carbocycles. The molecule has 25 heavy (non-hydrogen) atoms. The molecule has 3 aromatic rings. The third-order valence-electron chi connectivity index (χ3n) is 3.40. The number of nitriles is 1. The zero-order chi connectivity index (χ0) is 17.6. The fourth-order valence-electron chi connectivity index (χ4n) is 2.13. The first-order chi connectivity index (χ1) is 12.1. The van der Waals surface area contributed by atoms with Crippen LogP contribution in [0.4, 0.5) is 17.1 Å². The summed E-state index contributed by atoms with van der Waals surface area (Å²) in [5.41, 5.74) is 3.19. The molecule has 3 rings (SSSR count). The molecular formula is C19H13BrN4O. The van der Waals surface area contributed by atoms with Crippen molar-refractivity contribution in [2.24, 2.45) is 0 Å². The first-order valence-electron chi connectivity index (χ1n) is 7.44. The molecule has 0 spiro atoms. The predicted octanol–water partition coefficient (Wildman–Crippen LogP) is 4.71.